The number of hydrogen-bond donors (Lipinski definition) is 2. The molecule has 0 amide bonds. The third-order valence-corrected chi connectivity index (χ3v) is 3.48. The summed E-state index contributed by atoms with van der Waals surface area (Å²) >= 11 is 9.35. The molecule has 1 aromatic rings. The van der Waals surface area contributed by atoms with Crippen molar-refractivity contribution in [3.8, 4) is 5.75 Å². The Labute approximate surface area is 120 Å². The van der Waals surface area contributed by atoms with E-state index in [0.29, 0.717) is 23.8 Å². The summed E-state index contributed by atoms with van der Waals surface area (Å²) in [4.78, 5) is 0. The number of halogens is 2. The van der Waals surface area contributed by atoms with Gasteiger partial charge in [-0.1, -0.05) is 46.5 Å². The number of amidine groups is 1. The lowest BCUT2D eigenvalue weighted by atomic mass is 9.88. The van der Waals surface area contributed by atoms with Gasteiger partial charge >= 0.3 is 0 Å². The van der Waals surface area contributed by atoms with E-state index < -0.39 is 5.41 Å². The maximum absolute atomic E-state index is 8.66. The van der Waals surface area contributed by atoms with Gasteiger partial charge < -0.3 is 15.7 Å². The Kier molecular flexibility index (Phi) is 5.28. The van der Waals surface area contributed by atoms with Crippen molar-refractivity contribution in [2.24, 2.45) is 16.3 Å². The minimum atomic E-state index is -0.423. The first kappa shape index (κ1) is 15.1. The molecule has 0 radical (unpaired) electrons. The molecule has 100 valence electrons. The van der Waals surface area contributed by atoms with Gasteiger partial charge in [-0.05, 0) is 24.6 Å². The van der Waals surface area contributed by atoms with Crippen LogP contribution in [-0.2, 0) is 0 Å². The number of benzene rings is 1. The van der Waals surface area contributed by atoms with Gasteiger partial charge in [0.15, 0.2) is 0 Å². The van der Waals surface area contributed by atoms with Crippen molar-refractivity contribution in [2.75, 3.05) is 6.61 Å². The average Bonchev–Trinajstić information content (AvgIpc) is 2.32. The van der Waals surface area contributed by atoms with Crippen LogP contribution in [0, 0.1) is 5.41 Å². The van der Waals surface area contributed by atoms with E-state index in [9.17, 15) is 0 Å². The Morgan fingerprint density at radius 1 is 1.56 bits per heavy atom. The molecule has 3 N–H and O–H groups in total. The molecule has 0 aliphatic carbocycles. The zero-order valence-electron chi connectivity index (χ0n) is 10.3. The molecule has 1 aromatic carbocycles. The van der Waals surface area contributed by atoms with Crippen LogP contribution >= 0.6 is 27.5 Å². The summed E-state index contributed by atoms with van der Waals surface area (Å²) in [5.74, 6) is 0.799. The molecule has 0 aliphatic rings. The molecular weight excluding hydrogens is 320 g/mol. The van der Waals surface area contributed by atoms with Gasteiger partial charge in [0.05, 0.1) is 11.6 Å². The van der Waals surface area contributed by atoms with Crippen LogP contribution in [0.25, 0.3) is 0 Å². The maximum Gasteiger partial charge on any atom is 0.144 e. The van der Waals surface area contributed by atoms with Crippen molar-refractivity contribution in [1.29, 1.82) is 0 Å². The Morgan fingerprint density at radius 3 is 2.83 bits per heavy atom. The van der Waals surface area contributed by atoms with Crippen molar-refractivity contribution >= 4 is 33.4 Å². The highest BCUT2D eigenvalue weighted by Gasteiger charge is 2.23. The number of hydrogen-bond acceptors (Lipinski definition) is 3. The standard InChI is InChI=1S/C12H16BrClN2O2/c1-12(2,11(15)16-17)5-6-18-10-7-8(13)3-4-9(10)14/h3-4,7,17H,5-6H2,1-2H3,(H2,15,16). The molecule has 0 bridgehead atoms. The zero-order chi connectivity index (χ0) is 13.8. The second-order valence-corrected chi connectivity index (χ2v) is 5.87. The molecule has 18 heavy (non-hydrogen) atoms. The lowest BCUT2D eigenvalue weighted by molar-refractivity contribution is 0.259. The second kappa shape index (κ2) is 6.29. The predicted octanol–water partition coefficient (Wildman–Crippen LogP) is 3.64. The topological polar surface area (TPSA) is 67.8 Å². The molecule has 0 unspecified atom stereocenters. The quantitative estimate of drug-likeness (QED) is 0.373. The molecule has 4 nitrogen and oxygen atoms in total. The van der Waals surface area contributed by atoms with Gasteiger partial charge in [0.25, 0.3) is 0 Å². The fourth-order valence-corrected chi connectivity index (χ4v) is 1.78. The van der Waals surface area contributed by atoms with Crippen molar-refractivity contribution in [1.82, 2.24) is 0 Å². The summed E-state index contributed by atoms with van der Waals surface area (Å²) in [7, 11) is 0. The highest BCUT2D eigenvalue weighted by molar-refractivity contribution is 9.10. The molecule has 0 atom stereocenters. The summed E-state index contributed by atoms with van der Waals surface area (Å²) in [6, 6.07) is 5.41. The second-order valence-electron chi connectivity index (χ2n) is 4.54. The Hall–Kier alpha value is -0.940. The third kappa shape index (κ3) is 4.07. The number of oxime groups is 1. The van der Waals surface area contributed by atoms with Gasteiger partial charge in [0.1, 0.15) is 11.6 Å². The molecule has 6 heteroatoms. The van der Waals surface area contributed by atoms with E-state index in [1.165, 1.54) is 0 Å². The van der Waals surface area contributed by atoms with Crippen LogP contribution < -0.4 is 10.5 Å². The van der Waals surface area contributed by atoms with Crippen molar-refractivity contribution in [3.05, 3.63) is 27.7 Å². The van der Waals surface area contributed by atoms with E-state index in [1.807, 2.05) is 19.9 Å². The van der Waals surface area contributed by atoms with E-state index in [1.54, 1.807) is 12.1 Å². The van der Waals surface area contributed by atoms with Gasteiger partial charge in [-0.2, -0.15) is 0 Å². The first-order chi connectivity index (χ1) is 8.36. The predicted molar refractivity (Wildman–Crippen MR) is 76.5 cm³/mol. The maximum atomic E-state index is 8.66. The minimum absolute atomic E-state index is 0.187. The molecule has 0 aliphatic heterocycles. The molecule has 0 fully saturated rings. The van der Waals surface area contributed by atoms with Gasteiger partial charge in [0.2, 0.25) is 0 Å². The molecule has 0 aromatic heterocycles. The normalized spacial score (nSPS) is 12.6. The fraction of sp³-hybridized carbons (Fsp3) is 0.417. The van der Waals surface area contributed by atoms with Crippen LogP contribution in [0.1, 0.15) is 20.3 Å². The largest absolute Gasteiger partial charge is 0.492 e. The van der Waals surface area contributed by atoms with E-state index in [4.69, 9.17) is 27.3 Å². The van der Waals surface area contributed by atoms with Gasteiger partial charge in [0, 0.05) is 9.89 Å². The van der Waals surface area contributed by atoms with Gasteiger partial charge in [-0.3, -0.25) is 0 Å². The lowest BCUT2D eigenvalue weighted by Gasteiger charge is -2.22. The summed E-state index contributed by atoms with van der Waals surface area (Å²) in [6.07, 6.45) is 0.617. The highest BCUT2D eigenvalue weighted by atomic mass is 79.9. The molecule has 0 heterocycles. The smallest absolute Gasteiger partial charge is 0.144 e. The van der Waals surface area contributed by atoms with Gasteiger partial charge in [-0.25, -0.2) is 0 Å². The minimum Gasteiger partial charge on any atom is -0.492 e. The third-order valence-electron chi connectivity index (χ3n) is 2.68. The summed E-state index contributed by atoms with van der Waals surface area (Å²) in [5, 5.41) is 12.2. The van der Waals surface area contributed by atoms with E-state index in [0.717, 1.165) is 4.47 Å². The number of nitrogens with zero attached hydrogens (tertiary/aromatic N) is 1. The van der Waals surface area contributed by atoms with Gasteiger partial charge in [-0.15, -0.1) is 0 Å². The van der Waals surface area contributed by atoms with Crippen LogP contribution in [-0.4, -0.2) is 17.6 Å². The summed E-state index contributed by atoms with van der Waals surface area (Å²) in [5.41, 5.74) is 5.17. The van der Waals surface area contributed by atoms with E-state index >= 15 is 0 Å². The van der Waals surface area contributed by atoms with Crippen molar-refractivity contribution in [2.45, 2.75) is 20.3 Å². The van der Waals surface area contributed by atoms with E-state index in [2.05, 4.69) is 21.1 Å². The van der Waals surface area contributed by atoms with Crippen molar-refractivity contribution in [3.63, 3.8) is 0 Å². The van der Waals surface area contributed by atoms with E-state index in [-0.39, 0.29) is 5.84 Å². The zero-order valence-corrected chi connectivity index (χ0v) is 12.6. The molecule has 1 rings (SSSR count). The number of rotatable bonds is 5. The first-order valence-electron chi connectivity index (χ1n) is 5.42. The summed E-state index contributed by atoms with van der Waals surface area (Å²) in [6.45, 7) is 4.20. The Morgan fingerprint density at radius 2 is 2.22 bits per heavy atom. The molecule has 0 spiro atoms. The summed E-state index contributed by atoms with van der Waals surface area (Å²) < 4.78 is 6.49. The monoisotopic (exact) mass is 334 g/mol. The van der Waals surface area contributed by atoms with Crippen LogP contribution in [0.3, 0.4) is 0 Å². The van der Waals surface area contributed by atoms with Crippen LogP contribution in [0.2, 0.25) is 5.02 Å². The first-order valence-corrected chi connectivity index (χ1v) is 6.60. The number of ether oxygens (including phenoxy) is 1. The van der Waals surface area contributed by atoms with Crippen LogP contribution in [0.15, 0.2) is 27.8 Å². The molecular formula is C12H16BrClN2O2. The highest BCUT2D eigenvalue weighted by Crippen LogP contribution is 2.29. The average molecular weight is 336 g/mol. The molecule has 0 saturated heterocycles. The SMILES string of the molecule is CC(C)(CCOc1cc(Br)ccc1Cl)C(N)=NO. The Bertz CT molecular complexity index is 450. The molecule has 0 saturated carbocycles. The number of nitrogens with two attached hydrogens (primary N) is 1. The fourth-order valence-electron chi connectivity index (χ4n) is 1.27. The lowest BCUT2D eigenvalue weighted by Crippen LogP contribution is -2.33. The van der Waals surface area contributed by atoms with Crippen LogP contribution in [0.4, 0.5) is 0 Å². The van der Waals surface area contributed by atoms with Crippen LogP contribution in [0.5, 0.6) is 5.75 Å². The Balaban J connectivity index is 2.59. The van der Waals surface area contributed by atoms with Crippen molar-refractivity contribution < 1.29 is 9.94 Å².